The number of fused-ring (bicyclic) bond motifs is 1. The first-order chi connectivity index (χ1) is 13.7. The molecule has 0 bridgehead atoms. The highest BCUT2D eigenvalue weighted by Crippen LogP contribution is 2.26. The first-order valence-corrected chi connectivity index (χ1v) is 10.8. The maximum Gasteiger partial charge on any atom is 0.237 e. The van der Waals surface area contributed by atoms with Gasteiger partial charge in [-0.1, -0.05) is 30.3 Å². The Morgan fingerprint density at radius 3 is 2.71 bits per heavy atom. The number of carbonyl (C=O) groups is 2. The number of nitrogens with one attached hydrogen (secondary N) is 2. The van der Waals surface area contributed by atoms with Gasteiger partial charge in [0.2, 0.25) is 11.8 Å². The van der Waals surface area contributed by atoms with E-state index in [1.165, 1.54) is 12.0 Å². The molecule has 2 amide bonds. The molecule has 6 heteroatoms. The molecule has 4 rings (SSSR count). The van der Waals surface area contributed by atoms with Crippen molar-refractivity contribution in [3.8, 4) is 0 Å². The van der Waals surface area contributed by atoms with Gasteiger partial charge in [0.1, 0.15) is 0 Å². The van der Waals surface area contributed by atoms with E-state index in [9.17, 15) is 9.59 Å². The first kappa shape index (κ1) is 19.4. The zero-order valence-corrected chi connectivity index (χ0v) is 16.6. The summed E-state index contributed by atoms with van der Waals surface area (Å²) in [5.41, 5.74) is 1.26. The predicted octanol–water partition coefficient (Wildman–Crippen LogP) is 1.51. The highest BCUT2D eigenvalue weighted by atomic mass is 16.2. The van der Waals surface area contributed by atoms with E-state index >= 15 is 0 Å². The van der Waals surface area contributed by atoms with Crippen molar-refractivity contribution in [1.82, 2.24) is 20.4 Å². The van der Waals surface area contributed by atoms with E-state index in [0.29, 0.717) is 19.0 Å². The van der Waals surface area contributed by atoms with Gasteiger partial charge < -0.3 is 15.5 Å². The molecule has 6 nitrogen and oxygen atoms in total. The summed E-state index contributed by atoms with van der Waals surface area (Å²) in [5, 5.41) is 6.68. The molecule has 3 heterocycles. The smallest absolute Gasteiger partial charge is 0.237 e. The Labute approximate surface area is 167 Å². The summed E-state index contributed by atoms with van der Waals surface area (Å²) in [5.74, 6) is 0.425. The number of carbonyl (C=O) groups excluding carboxylic acids is 2. The number of piperidine rings is 1. The van der Waals surface area contributed by atoms with E-state index < -0.39 is 0 Å². The Kier molecular flexibility index (Phi) is 6.27. The van der Waals surface area contributed by atoms with Crippen LogP contribution in [0.5, 0.6) is 0 Å². The minimum Gasteiger partial charge on any atom is -0.353 e. The van der Waals surface area contributed by atoms with Crippen LogP contribution in [0, 0.1) is 0 Å². The zero-order valence-electron chi connectivity index (χ0n) is 16.6. The Morgan fingerprint density at radius 1 is 1.14 bits per heavy atom. The molecular weight excluding hydrogens is 352 g/mol. The van der Waals surface area contributed by atoms with E-state index in [0.717, 1.165) is 51.9 Å². The van der Waals surface area contributed by atoms with Gasteiger partial charge in [-0.05, 0) is 37.7 Å². The third kappa shape index (κ3) is 4.55. The van der Waals surface area contributed by atoms with Gasteiger partial charge in [-0.2, -0.15) is 0 Å². The van der Waals surface area contributed by atoms with Crippen molar-refractivity contribution in [2.75, 3.05) is 26.2 Å². The molecule has 1 aromatic carbocycles. The van der Waals surface area contributed by atoms with Gasteiger partial charge in [-0.15, -0.1) is 0 Å². The number of likely N-dealkylation sites (tertiary alicyclic amines) is 1. The molecule has 3 saturated heterocycles. The normalized spacial score (nSPS) is 28.1. The van der Waals surface area contributed by atoms with Gasteiger partial charge in [-0.3, -0.25) is 14.5 Å². The fourth-order valence-electron chi connectivity index (χ4n) is 4.84. The summed E-state index contributed by atoms with van der Waals surface area (Å²) in [6.45, 7) is 4.20. The molecule has 1 aromatic rings. The summed E-state index contributed by atoms with van der Waals surface area (Å²) in [4.78, 5) is 29.3. The number of piperazine rings is 1. The van der Waals surface area contributed by atoms with E-state index in [1.807, 2.05) is 11.0 Å². The fraction of sp³-hybridized carbons (Fsp3) is 0.636. The van der Waals surface area contributed by atoms with Gasteiger partial charge in [0.05, 0.1) is 6.04 Å². The lowest BCUT2D eigenvalue weighted by Gasteiger charge is -2.37. The molecule has 28 heavy (non-hydrogen) atoms. The van der Waals surface area contributed by atoms with Crippen LogP contribution in [0.4, 0.5) is 0 Å². The van der Waals surface area contributed by atoms with Crippen molar-refractivity contribution in [2.24, 2.45) is 0 Å². The average molecular weight is 385 g/mol. The third-order valence-electron chi connectivity index (χ3n) is 6.46. The maximum atomic E-state index is 12.5. The number of rotatable bonds is 6. The quantitative estimate of drug-likeness (QED) is 0.780. The maximum absolute atomic E-state index is 12.5. The van der Waals surface area contributed by atoms with Gasteiger partial charge in [-0.25, -0.2) is 0 Å². The molecule has 3 fully saturated rings. The summed E-state index contributed by atoms with van der Waals surface area (Å²) in [6, 6.07) is 10.9. The van der Waals surface area contributed by atoms with Crippen molar-refractivity contribution in [3.05, 3.63) is 35.9 Å². The second kappa shape index (κ2) is 9.05. The molecule has 2 N–H and O–H groups in total. The summed E-state index contributed by atoms with van der Waals surface area (Å²) in [6.07, 6.45) is 5.77. The largest absolute Gasteiger partial charge is 0.353 e. The van der Waals surface area contributed by atoms with Crippen molar-refractivity contribution < 1.29 is 9.59 Å². The van der Waals surface area contributed by atoms with Crippen LogP contribution in [0.3, 0.4) is 0 Å². The Bertz CT molecular complexity index is 674. The summed E-state index contributed by atoms with van der Waals surface area (Å²) in [7, 11) is 0. The minimum absolute atomic E-state index is 0.0582. The highest BCUT2D eigenvalue weighted by Gasteiger charge is 2.43. The average Bonchev–Trinajstić information content (AvgIpc) is 3.18. The number of benzene rings is 1. The minimum atomic E-state index is -0.0582. The molecule has 152 valence electrons. The van der Waals surface area contributed by atoms with Crippen LogP contribution in [-0.4, -0.2) is 65.9 Å². The second-order valence-electron chi connectivity index (χ2n) is 8.39. The monoisotopic (exact) mass is 384 g/mol. The Balaban J connectivity index is 1.29. The summed E-state index contributed by atoms with van der Waals surface area (Å²) < 4.78 is 0. The van der Waals surface area contributed by atoms with Gasteiger partial charge >= 0.3 is 0 Å². The SMILES string of the molecule is O=C1NC[C@@H](CCC(=O)N2CCCCC2)N2C[C@H](NCc3ccccc3)C[C@H]12. The molecule has 0 aromatic heterocycles. The van der Waals surface area contributed by atoms with Crippen LogP contribution >= 0.6 is 0 Å². The molecule has 3 atom stereocenters. The van der Waals surface area contributed by atoms with Gasteiger partial charge in [0.15, 0.2) is 0 Å². The van der Waals surface area contributed by atoms with Crippen molar-refractivity contribution >= 4 is 11.8 Å². The van der Waals surface area contributed by atoms with Crippen LogP contribution in [0.25, 0.3) is 0 Å². The van der Waals surface area contributed by atoms with Gasteiger partial charge in [0.25, 0.3) is 0 Å². The second-order valence-corrected chi connectivity index (χ2v) is 8.39. The number of hydrogen-bond acceptors (Lipinski definition) is 4. The topological polar surface area (TPSA) is 64.7 Å². The van der Waals surface area contributed by atoms with Crippen LogP contribution in [0.2, 0.25) is 0 Å². The van der Waals surface area contributed by atoms with Crippen LogP contribution in [0.1, 0.15) is 44.1 Å². The van der Waals surface area contributed by atoms with Crippen molar-refractivity contribution in [2.45, 2.75) is 63.2 Å². The number of nitrogens with zero attached hydrogens (tertiary/aromatic N) is 2. The molecule has 0 unspecified atom stereocenters. The lowest BCUT2D eigenvalue weighted by atomic mass is 10.0. The summed E-state index contributed by atoms with van der Waals surface area (Å²) >= 11 is 0. The number of amides is 2. The Morgan fingerprint density at radius 2 is 1.93 bits per heavy atom. The molecule has 0 radical (unpaired) electrons. The van der Waals surface area contributed by atoms with Crippen LogP contribution in [0.15, 0.2) is 30.3 Å². The van der Waals surface area contributed by atoms with E-state index in [-0.39, 0.29) is 23.9 Å². The molecule has 3 aliphatic heterocycles. The van der Waals surface area contributed by atoms with Crippen molar-refractivity contribution in [1.29, 1.82) is 0 Å². The lowest BCUT2D eigenvalue weighted by molar-refractivity contribution is -0.133. The zero-order chi connectivity index (χ0) is 19.3. The molecule has 0 saturated carbocycles. The van der Waals surface area contributed by atoms with E-state index in [2.05, 4.69) is 39.8 Å². The molecule has 3 aliphatic rings. The van der Waals surface area contributed by atoms with Crippen LogP contribution in [-0.2, 0) is 16.1 Å². The fourth-order valence-corrected chi connectivity index (χ4v) is 4.84. The third-order valence-corrected chi connectivity index (χ3v) is 6.46. The van der Waals surface area contributed by atoms with E-state index in [1.54, 1.807) is 0 Å². The standard InChI is InChI=1S/C22H32N4O2/c27-21(25-11-5-2-6-12-25)10-9-19-15-24-22(28)20-13-18(16-26(19)20)23-14-17-7-3-1-4-8-17/h1,3-4,7-8,18-20,23H,2,5-6,9-16H2,(H,24,28)/t18-,19-,20-/m1/s1. The van der Waals surface area contributed by atoms with Crippen molar-refractivity contribution in [3.63, 3.8) is 0 Å². The lowest BCUT2D eigenvalue weighted by Crippen LogP contribution is -2.58. The number of hydrogen-bond donors (Lipinski definition) is 2. The molecule has 0 aliphatic carbocycles. The Hall–Kier alpha value is -1.92. The highest BCUT2D eigenvalue weighted by molar-refractivity contribution is 5.83. The van der Waals surface area contributed by atoms with Gasteiger partial charge in [0, 0.05) is 51.2 Å². The van der Waals surface area contributed by atoms with Crippen LogP contribution < -0.4 is 10.6 Å². The first-order valence-electron chi connectivity index (χ1n) is 10.8. The van der Waals surface area contributed by atoms with E-state index in [4.69, 9.17) is 0 Å². The molecule has 0 spiro atoms. The predicted molar refractivity (Wildman–Crippen MR) is 109 cm³/mol. The molecular formula is C22H32N4O2.